The molecule has 0 fully saturated rings. The van der Waals surface area contributed by atoms with E-state index in [-0.39, 0.29) is 12.2 Å². The van der Waals surface area contributed by atoms with E-state index < -0.39 is 31.3 Å². The van der Waals surface area contributed by atoms with Crippen molar-refractivity contribution in [3.8, 4) is 5.75 Å². The van der Waals surface area contributed by atoms with E-state index in [1.54, 1.807) is 19.1 Å². The van der Waals surface area contributed by atoms with Crippen molar-refractivity contribution in [1.82, 2.24) is 4.90 Å². The van der Waals surface area contributed by atoms with Gasteiger partial charge in [-0.1, -0.05) is 25.1 Å². The maximum atomic E-state index is 12.6. The van der Waals surface area contributed by atoms with Crippen LogP contribution in [-0.2, 0) is 4.79 Å². The molecule has 1 atom stereocenters. The molecular weight excluding hydrogens is 275 g/mol. The predicted molar refractivity (Wildman–Crippen MR) is 66.4 cm³/mol. The van der Waals surface area contributed by atoms with Crippen LogP contribution in [0.4, 0.5) is 13.2 Å². The van der Waals surface area contributed by atoms with Crippen molar-refractivity contribution in [3.05, 3.63) is 29.8 Å². The second kappa shape index (κ2) is 6.60. The molecular formula is C13H16F3NO3. The lowest BCUT2D eigenvalue weighted by Crippen LogP contribution is -2.40. The monoisotopic (exact) mass is 291 g/mol. The van der Waals surface area contributed by atoms with Gasteiger partial charge in [-0.3, -0.25) is 9.69 Å². The first-order valence-corrected chi connectivity index (χ1v) is 6.05. The fourth-order valence-electron chi connectivity index (χ4n) is 2.12. The van der Waals surface area contributed by atoms with Crippen molar-refractivity contribution in [2.24, 2.45) is 0 Å². The number of carboxylic acid groups (broad SMARTS) is 1. The summed E-state index contributed by atoms with van der Waals surface area (Å²) in [4.78, 5) is 11.6. The van der Waals surface area contributed by atoms with Crippen LogP contribution in [0, 0.1) is 0 Å². The number of hydrogen-bond donors (Lipinski definition) is 2. The molecule has 1 unspecified atom stereocenters. The van der Waals surface area contributed by atoms with Crippen LogP contribution >= 0.6 is 0 Å². The minimum atomic E-state index is -4.51. The van der Waals surface area contributed by atoms with Crippen molar-refractivity contribution < 1.29 is 28.2 Å². The summed E-state index contributed by atoms with van der Waals surface area (Å²) in [6, 6.07) is 5.19. The van der Waals surface area contributed by atoms with Gasteiger partial charge < -0.3 is 10.2 Å². The molecule has 20 heavy (non-hydrogen) atoms. The van der Waals surface area contributed by atoms with Crippen LogP contribution in [0.5, 0.6) is 5.75 Å². The molecule has 1 rings (SSSR count). The summed E-state index contributed by atoms with van der Waals surface area (Å²) in [5.74, 6) is -1.49. The molecule has 4 nitrogen and oxygen atoms in total. The molecule has 0 saturated carbocycles. The molecule has 0 aliphatic rings. The second-order valence-corrected chi connectivity index (χ2v) is 4.40. The van der Waals surface area contributed by atoms with Crippen molar-refractivity contribution in [1.29, 1.82) is 0 Å². The molecule has 7 heteroatoms. The van der Waals surface area contributed by atoms with Crippen LogP contribution in [0.2, 0.25) is 0 Å². The summed E-state index contributed by atoms with van der Waals surface area (Å²) in [5, 5.41) is 18.5. The number of carboxylic acids is 1. The molecule has 0 heterocycles. The van der Waals surface area contributed by atoms with Gasteiger partial charge in [-0.15, -0.1) is 0 Å². The van der Waals surface area contributed by atoms with Crippen LogP contribution in [0.25, 0.3) is 0 Å². The molecule has 1 aromatic carbocycles. The van der Waals surface area contributed by atoms with Gasteiger partial charge in [0.1, 0.15) is 5.75 Å². The smallest absolute Gasteiger partial charge is 0.401 e. The lowest BCUT2D eigenvalue weighted by molar-refractivity contribution is -0.158. The van der Waals surface area contributed by atoms with Gasteiger partial charge in [-0.2, -0.15) is 13.2 Å². The molecule has 0 spiro atoms. The number of phenols is 1. The highest BCUT2D eigenvalue weighted by molar-refractivity contribution is 5.69. The summed E-state index contributed by atoms with van der Waals surface area (Å²) < 4.78 is 37.7. The van der Waals surface area contributed by atoms with E-state index in [9.17, 15) is 23.1 Å². The Hall–Kier alpha value is -1.76. The summed E-state index contributed by atoms with van der Waals surface area (Å²) >= 11 is 0. The minimum absolute atomic E-state index is 0.142. The Bertz CT molecular complexity index is 462. The Morgan fingerprint density at radius 2 is 1.95 bits per heavy atom. The first-order chi connectivity index (χ1) is 9.24. The van der Waals surface area contributed by atoms with Gasteiger partial charge in [0, 0.05) is 11.6 Å². The van der Waals surface area contributed by atoms with E-state index in [2.05, 4.69) is 0 Å². The van der Waals surface area contributed by atoms with Gasteiger partial charge in [-0.25, -0.2) is 0 Å². The van der Waals surface area contributed by atoms with Crippen molar-refractivity contribution >= 4 is 5.97 Å². The summed E-state index contributed by atoms with van der Waals surface area (Å²) in [6.07, 6.45) is -4.26. The van der Waals surface area contributed by atoms with E-state index in [4.69, 9.17) is 5.11 Å². The highest BCUT2D eigenvalue weighted by Gasteiger charge is 2.35. The normalized spacial score (nSPS) is 13.4. The summed E-state index contributed by atoms with van der Waals surface area (Å²) in [6.45, 7) is -0.444. The standard InChI is InChI=1S/C13H16F3NO3/c1-2-10(9-5-3-4-6-11(9)18)17(7-12(19)20)8-13(14,15)16/h3-6,10,18H,2,7-8H2,1H3,(H,19,20). The summed E-state index contributed by atoms with van der Waals surface area (Å²) in [7, 11) is 0. The molecule has 0 bridgehead atoms. The second-order valence-electron chi connectivity index (χ2n) is 4.40. The lowest BCUT2D eigenvalue weighted by Gasteiger charge is -2.31. The first-order valence-electron chi connectivity index (χ1n) is 6.05. The van der Waals surface area contributed by atoms with Crippen molar-refractivity contribution in [2.45, 2.75) is 25.6 Å². The van der Waals surface area contributed by atoms with Gasteiger partial charge >= 0.3 is 12.1 Å². The lowest BCUT2D eigenvalue weighted by atomic mass is 10.0. The number of aromatic hydroxyl groups is 1. The number of phenolic OH excluding ortho intramolecular Hbond substituents is 1. The predicted octanol–water partition coefficient (Wildman–Crippen LogP) is 2.79. The Kier molecular flexibility index (Phi) is 5.38. The first kappa shape index (κ1) is 16.3. The Labute approximate surface area is 114 Å². The van der Waals surface area contributed by atoms with Crippen LogP contribution in [-0.4, -0.2) is 40.3 Å². The van der Waals surface area contributed by atoms with E-state index >= 15 is 0 Å². The third-order valence-electron chi connectivity index (χ3n) is 2.84. The van der Waals surface area contributed by atoms with Gasteiger partial charge in [-0.05, 0) is 12.5 Å². The zero-order chi connectivity index (χ0) is 15.3. The fourth-order valence-corrected chi connectivity index (χ4v) is 2.12. The van der Waals surface area contributed by atoms with Crippen molar-refractivity contribution in [2.75, 3.05) is 13.1 Å². The maximum absolute atomic E-state index is 12.6. The Morgan fingerprint density at radius 1 is 1.35 bits per heavy atom. The Balaban J connectivity index is 3.07. The van der Waals surface area contributed by atoms with Gasteiger partial charge in [0.15, 0.2) is 0 Å². The number of para-hydroxylation sites is 1. The molecule has 0 aliphatic heterocycles. The molecule has 0 amide bonds. The van der Waals surface area contributed by atoms with Gasteiger partial charge in [0.05, 0.1) is 13.1 Å². The van der Waals surface area contributed by atoms with Crippen molar-refractivity contribution in [3.63, 3.8) is 0 Å². The number of hydrogen-bond acceptors (Lipinski definition) is 3. The largest absolute Gasteiger partial charge is 0.508 e. The average Bonchev–Trinajstić information content (AvgIpc) is 2.29. The average molecular weight is 291 g/mol. The fraction of sp³-hybridized carbons (Fsp3) is 0.462. The minimum Gasteiger partial charge on any atom is -0.508 e. The third-order valence-corrected chi connectivity index (χ3v) is 2.84. The maximum Gasteiger partial charge on any atom is 0.401 e. The molecule has 2 N–H and O–H groups in total. The number of benzene rings is 1. The van der Waals surface area contributed by atoms with E-state index in [0.717, 1.165) is 4.90 Å². The van der Waals surface area contributed by atoms with E-state index in [0.29, 0.717) is 5.56 Å². The molecule has 112 valence electrons. The van der Waals surface area contributed by atoms with E-state index in [1.807, 2.05) is 0 Å². The number of rotatable bonds is 6. The Morgan fingerprint density at radius 3 is 2.40 bits per heavy atom. The number of carbonyl (C=O) groups is 1. The third kappa shape index (κ3) is 4.73. The quantitative estimate of drug-likeness (QED) is 0.846. The SMILES string of the molecule is CCC(c1ccccc1O)N(CC(=O)O)CC(F)(F)F. The molecule has 0 aromatic heterocycles. The summed E-state index contributed by atoms with van der Waals surface area (Å²) in [5.41, 5.74) is 0.292. The molecule has 0 saturated heterocycles. The number of aliphatic carboxylic acids is 1. The zero-order valence-corrected chi connectivity index (χ0v) is 10.9. The topological polar surface area (TPSA) is 60.8 Å². The zero-order valence-electron chi connectivity index (χ0n) is 10.9. The van der Waals surface area contributed by atoms with Crippen LogP contribution in [0.3, 0.4) is 0 Å². The highest BCUT2D eigenvalue weighted by atomic mass is 19.4. The van der Waals surface area contributed by atoms with Gasteiger partial charge in [0.25, 0.3) is 0 Å². The molecule has 0 radical (unpaired) electrons. The van der Waals surface area contributed by atoms with Crippen LogP contribution in [0.1, 0.15) is 24.9 Å². The molecule has 1 aromatic rings. The van der Waals surface area contributed by atoms with Gasteiger partial charge in [0.2, 0.25) is 0 Å². The van der Waals surface area contributed by atoms with E-state index in [1.165, 1.54) is 12.1 Å². The molecule has 0 aliphatic carbocycles. The van der Waals surface area contributed by atoms with Crippen LogP contribution < -0.4 is 0 Å². The number of alkyl halides is 3. The number of nitrogens with zero attached hydrogens (tertiary/aromatic N) is 1. The number of halogens is 3. The van der Waals surface area contributed by atoms with Crippen LogP contribution in [0.15, 0.2) is 24.3 Å². The highest BCUT2D eigenvalue weighted by Crippen LogP contribution is 2.32.